The van der Waals surface area contributed by atoms with Crippen LogP contribution in [-0.4, -0.2) is 39.6 Å². The summed E-state index contributed by atoms with van der Waals surface area (Å²) in [6.45, 7) is 14.8. The molecule has 1 aromatic rings. The highest BCUT2D eigenvalue weighted by Crippen LogP contribution is 2.51. The van der Waals surface area contributed by atoms with Crippen molar-refractivity contribution in [2.45, 2.75) is 84.5 Å². The SMILES string of the molecule is Cc1cn([C@@H]2O[C@@]3(CC(C)(C)C)COC2C3OC(C)(C)C)c(=O)nc1N. The lowest BCUT2D eigenvalue weighted by atomic mass is 9.80. The van der Waals surface area contributed by atoms with Gasteiger partial charge in [-0.05, 0) is 39.5 Å². The molecule has 2 aliphatic rings. The molecule has 3 rings (SSSR count). The first-order valence-corrected chi connectivity index (χ1v) is 9.14. The van der Waals surface area contributed by atoms with Gasteiger partial charge in [0.05, 0.1) is 12.2 Å². The molecule has 2 saturated heterocycles. The van der Waals surface area contributed by atoms with Crippen LogP contribution in [0.3, 0.4) is 0 Å². The highest BCUT2D eigenvalue weighted by molar-refractivity contribution is 5.35. The van der Waals surface area contributed by atoms with Crippen molar-refractivity contribution in [2.75, 3.05) is 12.3 Å². The molecule has 0 amide bonds. The summed E-state index contributed by atoms with van der Waals surface area (Å²) in [7, 11) is 0. The molecule has 4 atom stereocenters. The number of fused-ring (bicyclic) bond motifs is 2. The van der Waals surface area contributed by atoms with Crippen LogP contribution in [0.2, 0.25) is 0 Å². The Hall–Kier alpha value is -1.44. The van der Waals surface area contributed by atoms with Gasteiger partial charge in [-0.3, -0.25) is 4.57 Å². The second-order valence-electron chi connectivity index (χ2n) is 9.74. The molecule has 1 aromatic heterocycles. The predicted octanol–water partition coefficient (Wildman–Crippen LogP) is 2.42. The summed E-state index contributed by atoms with van der Waals surface area (Å²) >= 11 is 0. The number of nitrogens with two attached hydrogens (primary N) is 1. The van der Waals surface area contributed by atoms with E-state index in [4.69, 9.17) is 19.9 Å². The van der Waals surface area contributed by atoms with Crippen molar-refractivity contribution < 1.29 is 14.2 Å². The van der Waals surface area contributed by atoms with E-state index in [9.17, 15) is 4.79 Å². The Morgan fingerprint density at radius 2 is 2.00 bits per heavy atom. The fourth-order valence-corrected chi connectivity index (χ4v) is 3.97. The monoisotopic (exact) mass is 365 g/mol. The number of nitrogen functional groups attached to an aromatic ring is 1. The van der Waals surface area contributed by atoms with Crippen LogP contribution in [0.5, 0.6) is 0 Å². The molecule has 0 spiro atoms. The van der Waals surface area contributed by atoms with Crippen molar-refractivity contribution in [2.24, 2.45) is 5.41 Å². The Kier molecular flexibility index (Phi) is 4.49. The van der Waals surface area contributed by atoms with E-state index in [2.05, 4.69) is 25.8 Å². The maximum Gasteiger partial charge on any atom is 0.351 e. The molecule has 3 heterocycles. The number of ether oxygens (including phenoxy) is 3. The number of aryl methyl sites for hydroxylation is 1. The van der Waals surface area contributed by atoms with E-state index < -0.39 is 17.5 Å². The van der Waals surface area contributed by atoms with Crippen molar-refractivity contribution in [3.05, 3.63) is 22.2 Å². The van der Waals surface area contributed by atoms with Crippen LogP contribution >= 0.6 is 0 Å². The molecule has 7 heteroatoms. The fraction of sp³-hybridized carbons (Fsp3) is 0.789. The second kappa shape index (κ2) is 6.04. The summed E-state index contributed by atoms with van der Waals surface area (Å²) in [6, 6.07) is 0. The lowest BCUT2D eigenvalue weighted by Gasteiger charge is -2.38. The van der Waals surface area contributed by atoms with E-state index in [1.807, 2.05) is 27.7 Å². The second-order valence-corrected chi connectivity index (χ2v) is 9.74. The summed E-state index contributed by atoms with van der Waals surface area (Å²) in [6.07, 6.45) is 1.27. The van der Waals surface area contributed by atoms with Gasteiger partial charge < -0.3 is 19.9 Å². The Balaban J connectivity index is 2.01. The molecule has 0 aliphatic carbocycles. The Morgan fingerprint density at radius 1 is 1.35 bits per heavy atom. The predicted molar refractivity (Wildman–Crippen MR) is 98.9 cm³/mol. The summed E-state index contributed by atoms with van der Waals surface area (Å²) in [5, 5.41) is 0. The summed E-state index contributed by atoms with van der Waals surface area (Å²) in [4.78, 5) is 16.3. The topological polar surface area (TPSA) is 88.6 Å². The Bertz CT molecular complexity index is 747. The minimum Gasteiger partial charge on any atom is -0.383 e. The fourth-order valence-electron chi connectivity index (χ4n) is 3.97. The lowest BCUT2D eigenvalue weighted by Crippen LogP contribution is -2.47. The Morgan fingerprint density at radius 3 is 2.58 bits per heavy atom. The van der Waals surface area contributed by atoms with Crippen LogP contribution in [0.4, 0.5) is 5.82 Å². The van der Waals surface area contributed by atoms with Gasteiger partial charge in [-0.1, -0.05) is 20.8 Å². The number of hydrogen-bond acceptors (Lipinski definition) is 6. The minimum atomic E-state index is -0.588. The third kappa shape index (κ3) is 3.52. The minimum absolute atomic E-state index is 0.0207. The van der Waals surface area contributed by atoms with E-state index in [0.717, 1.165) is 12.0 Å². The molecule has 0 saturated carbocycles. The molecule has 26 heavy (non-hydrogen) atoms. The summed E-state index contributed by atoms with van der Waals surface area (Å²) < 4.78 is 20.4. The first-order chi connectivity index (χ1) is 11.8. The average Bonchev–Trinajstić information content (AvgIpc) is 2.90. The molecule has 146 valence electrons. The van der Waals surface area contributed by atoms with Gasteiger partial charge in [0.2, 0.25) is 0 Å². The van der Waals surface area contributed by atoms with Gasteiger partial charge in [0.1, 0.15) is 23.6 Å². The van der Waals surface area contributed by atoms with Crippen LogP contribution in [0.15, 0.2) is 11.0 Å². The molecule has 2 fully saturated rings. The highest BCUT2D eigenvalue weighted by atomic mass is 16.7. The first-order valence-electron chi connectivity index (χ1n) is 9.14. The van der Waals surface area contributed by atoms with Gasteiger partial charge in [-0.15, -0.1) is 0 Å². The van der Waals surface area contributed by atoms with E-state index >= 15 is 0 Å². The lowest BCUT2D eigenvalue weighted by molar-refractivity contribution is -0.189. The van der Waals surface area contributed by atoms with Gasteiger partial charge in [-0.25, -0.2) is 4.79 Å². The standard InChI is InChI=1S/C19H31N3O4/c1-11-8-22(16(23)21-14(11)20)15-12-13(25-18(5,6)7)19(26-15,10-24-12)9-17(2,3)4/h8,12-13,15H,9-10H2,1-7H3,(H2,20,21,23)/t12?,13?,15-,19+/m1/s1. The molecule has 2 unspecified atom stereocenters. The smallest absolute Gasteiger partial charge is 0.351 e. The summed E-state index contributed by atoms with van der Waals surface area (Å²) in [5.74, 6) is 0.238. The van der Waals surface area contributed by atoms with Gasteiger partial charge in [0.25, 0.3) is 0 Å². The van der Waals surface area contributed by atoms with Crippen LogP contribution in [0, 0.1) is 12.3 Å². The van der Waals surface area contributed by atoms with Gasteiger partial charge in [-0.2, -0.15) is 4.98 Å². The number of anilines is 1. The van der Waals surface area contributed by atoms with E-state index in [-0.39, 0.29) is 29.0 Å². The number of rotatable bonds is 3. The normalized spacial score (nSPS) is 31.6. The molecule has 0 aromatic carbocycles. The molecule has 7 nitrogen and oxygen atoms in total. The van der Waals surface area contributed by atoms with Gasteiger partial charge in [0, 0.05) is 11.8 Å². The van der Waals surface area contributed by atoms with Crippen molar-refractivity contribution in [1.82, 2.24) is 9.55 Å². The van der Waals surface area contributed by atoms with Crippen molar-refractivity contribution in [3.63, 3.8) is 0 Å². The van der Waals surface area contributed by atoms with Crippen molar-refractivity contribution in [3.8, 4) is 0 Å². The van der Waals surface area contributed by atoms with Crippen LogP contribution in [0.25, 0.3) is 0 Å². The molecule has 2 aliphatic heterocycles. The zero-order valence-electron chi connectivity index (χ0n) is 16.8. The molecular formula is C19H31N3O4. The van der Waals surface area contributed by atoms with E-state index in [1.165, 1.54) is 4.57 Å². The molecule has 2 bridgehead atoms. The third-order valence-corrected chi connectivity index (χ3v) is 4.73. The zero-order chi connectivity index (χ0) is 19.5. The van der Waals surface area contributed by atoms with Gasteiger partial charge >= 0.3 is 5.69 Å². The molecule has 0 radical (unpaired) electrons. The van der Waals surface area contributed by atoms with Crippen molar-refractivity contribution in [1.29, 1.82) is 0 Å². The third-order valence-electron chi connectivity index (χ3n) is 4.73. The maximum atomic E-state index is 12.4. The van der Waals surface area contributed by atoms with Gasteiger partial charge in [0.15, 0.2) is 6.23 Å². The highest BCUT2D eigenvalue weighted by Gasteiger charge is 2.64. The zero-order valence-corrected chi connectivity index (χ0v) is 16.8. The largest absolute Gasteiger partial charge is 0.383 e. The van der Waals surface area contributed by atoms with E-state index in [0.29, 0.717) is 6.61 Å². The van der Waals surface area contributed by atoms with Crippen LogP contribution in [0.1, 0.15) is 59.8 Å². The average molecular weight is 365 g/mol. The number of nitrogens with zero attached hydrogens (tertiary/aromatic N) is 2. The quantitative estimate of drug-likeness (QED) is 0.885. The van der Waals surface area contributed by atoms with Crippen LogP contribution < -0.4 is 11.4 Å². The van der Waals surface area contributed by atoms with Crippen LogP contribution in [-0.2, 0) is 14.2 Å². The van der Waals surface area contributed by atoms with Crippen molar-refractivity contribution >= 4 is 5.82 Å². The van der Waals surface area contributed by atoms with E-state index in [1.54, 1.807) is 6.20 Å². The maximum absolute atomic E-state index is 12.4. The Labute approximate surface area is 154 Å². The first kappa shape index (κ1) is 19.3. The molecule has 2 N–H and O–H groups in total. The number of aromatic nitrogens is 2. The molecular weight excluding hydrogens is 334 g/mol. The summed E-state index contributed by atoms with van der Waals surface area (Å²) in [5.41, 5.74) is 5.14. The number of hydrogen-bond donors (Lipinski definition) is 1.